The zero-order valence-corrected chi connectivity index (χ0v) is 12.5. The van der Waals surface area contributed by atoms with Crippen molar-refractivity contribution in [3.8, 4) is 0 Å². The molecule has 0 radical (unpaired) electrons. The third kappa shape index (κ3) is 6.48. The van der Waals surface area contributed by atoms with E-state index in [0.29, 0.717) is 0 Å². The zero-order chi connectivity index (χ0) is 12.5. The van der Waals surface area contributed by atoms with E-state index in [1.165, 1.54) is 70.6 Å². The van der Waals surface area contributed by atoms with E-state index in [4.69, 9.17) is 0 Å². The summed E-state index contributed by atoms with van der Waals surface area (Å²) in [6.45, 7) is 7.07. The maximum absolute atomic E-state index is 2.39. The lowest BCUT2D eigenvalue weighted by Gasteiger charge is -2.33. The highest BCUT2D eigenvalue weighted by molar-refractivity contribution is 4.76. The number of hydrogen-bond acceptors (Lipinski definition) is 0. The minimum Gasteiger partial charge on any atom is -0.0651 e. The van der Waals surface area contributed by atoms with Crippen molar-refractivity contribution in [3.63, 3.8) is 0 Å². The Kier molecular flexibility index (Phi) is 7.97. The van der Waals surface area contributed by atoms with Crippen LogP contribution in [-0.2, 0) is 0 Å². The summed E-state index contributed by atoms with van der Waals surface area (Å²) >= 11 is 0. The molecule has 0 aliphatic heterocycles. The summed E-state index contributed by atoms with van der Waals surface area (Å²) in [6, 6.07) is 0. The van der Waals surface area contributed by atoms with E-state index in [2.05, 4.69) is 20.8 Å². The van der Waals surface area contributed by atoms with Gasteiger partial charge in [0.2, 0.25) is 0 Å². The Labute approximate surface area is 110 Å². The highest BCUT2D eigenvalue weighted by atomic mass is 14.3. The van der Waals surface area contributed by atoms with Crippen LogP contribution in [0, 0.1) is 17.8 Å². The van der Waals surface area contributed by atoms with Crippen molar-refractivity contribution in [1.82, 2.24) is 0 Å². The second-order valence-electron chi connectivity index (χ2n) is 6.60. The van der Waals surface area contributed by atoms with Gasteiger partial charge < -0.3 is 0 Å². The Hall–Kier alpha value is 0. The van der Waals surface area contributed by atoms with E-state index in [0.717, 1.165) is 17.8 Å². The van der Waals surface area contributed by atoms with E-state index in [1.54, 1.807) is 0 Å². The van der Waals surface area contributed by atoms with Gasteiger partial charge in [0.25, 0.3) is 0 Å². The maximum Gasteiger partial charge on any atom is -0.0386 e. The van der Waals surface area contributed by atoms with E-state index in [1.807, 2.05) is 0 Å². The molecule has 17 heavy (non-hydrogen) atoms. The van der Waals surface area contributed by atoms with Gasteiger partial charge in [0.05, 0.1) is 0 Å². The van der Waals surface area contributed by atoms with Crippen molar-refractivity contribution in [2.75, 3.05) is 0 Å². The van der Waals surface area contributed by atoms with E-state index in [-0.39, 0.29) is 0 Å². The SMILES string of the molecule is CCC(CCCCCCCC(C)C)C1CCC1. The lowest BCUT2D eigenvalue weighted by Crippen LogP contribution is -2.21. The molecule has 1 unspecified atom stereocenters. The van der Waals surface area contributed by atoms with Crippen LogP contribution in [0.1, 0.15) is 91.4 Å². The highest BCUT2D eigenvalue weighted by Gasteiger charge is 2.25. The summed E-state index contributed by atoms with van der Waals surface area (Å²) in [6.07, 6.45) is 16.3. The third-order valence-electron chi connectivity index (χ3n) is 4.70. The molecule has 1 aliphatic rings. The van der Waals surface area contributed by atoms with Crippen LogP contribution in [-0.4, -0.2) is 0 Å². The third-order valence-corrected chi connectivity index (χ3v) is 4.70. The maximum atomic E-state index is 2.39. The number of unbranched alkanes of at least 4 members (excludes halogenated alkanes) is 4. The Bertz CT molecular complexity index is 167. The van der Waals surface area contributed by atoms with Crippen molar-refractivity contribution in [2.24, 2.45) is 17.8 Å². The summed E-state index contributed by atoms with van der Waals surface area (Å²) in [5.41, 5.74) is 0. The average molecular weight is 238 g/mol. The first-order valence-corrected chi connectivity index (χ1v) is 8.24. The Morgan fingerprint density at radius 1 is 0.882 bits per heavy atom. The molecule has 0 heterocycles. The number of hydrogen-bond donors (Lipinski definition) is 0. The molecule has 1 atom stereocenters. The molecule has 0 aromatic heterocycles. The molecule has 0 N–H and O–H groups in total. The fraction of sp³-hybridized carbons (Fsp3) is 1.00. The minimum absolute atomic E-state index is 0.901. The molecule has 0 aromatic carbocycles. The molecule has 1 rings (SSSR count). The predicted molar refractivity (Wildman–Crippen MR) is 78.3 cm³/mol. The average Bonchev–Trinajstić information content (AvgIpc) is 2.23. The predicted octanol–water partition coefficient (Wildman–Crippen LogP) is 6.20. The van der Waals surface area contributed by atoms with E-state index >= 15 is 0 Å². The first kappa shape index (κ1) is 15.1. The molecule has 102 valence electrons. The van der Waals surface area contributed by atoms with Crippen molar-refractivity contribution >= 4 is 0 Å². The van der Waals surface area contributed by atoms with Gasteiger partial charge >= 0.3 is 0 Å². The molecule has 1 saturated carbocycles. The van der Waals surface area contributed by atoms with E-state index < -0.39 is 0 Å². The summed E-state index contributed by atoms with van der Waals surface area (Å²) in [5.74, 6) is 3.08. The summed E-state index contributed by atoms with van der Waals surface area (Å²) < 4.78 is 0. The topological polar surface area (TPSA) is 0 Å². The second-order valence-corrected chi connectivity index (χ2v) is 6.60. The molecule has 0 saturated heterocycles. The van der Waals surface area contributed by atoms with Crippen LogP contribution in [0.2, 0.25) is 0 Å². The van der Waals surface area contributed by atoms with Crippen LogP contribution in [0.25, 0.3) is 0 Å². The first-order chi connectivity index (χ1) is 8.24. The lowest BCUT2D eigenvalue weighted by molar-refractivity contribution is 0.186. The van der Waals surface area contributed by atoms with Gasteiger partial charge in [-0.1, -0.05) is 91.4 Å². The van der Waals surface area contributed by atoms with Gasteiger partial charge in [-0.15, -0.1) is 0 Å². The normalized spacial score (nSPS) is 18.4. The van der Waals surface area contributed by atoms with Crippen LogP contribution in [0.5, 0.6) is 0 Å². The van der Waals surface area contributed by atoms with Gasteiger partial charge in [-0.25, -0.2) is 0 Å². The molecule has 0 aromatic rings. The van der Waals surface area contributed by atoms with Crippen LogP contribution < -0.4 is 0 Å². The second kappa shape index (κ2) is 9.00. The molecule has 0 heteroatoms. The molecular weight excluding hydrogens is 204 g/mol. The fourth-order valence-electron chi connectivity index (χ4n) is 3.17. The molecular formula is C17H34. The monoisotopic (exact) mass is 238 g/mol. The van der Waals surface area contributed by atoms with Crippen LogP contribution in [0.4, 0.5) is 0 Å². The first-order valence-electron chi connectivity index (χ1n) is 8.24. The zero-order valence-electron chi connectivity index (χ0n) is 12.5. The summed E-state index contributed by atoms with van der Waals surface area (Å²) in [7, 11) is 0. The highest BCUT2D eigenvalue weighted by Crippen LogP contribution is 2.37. The Balaban J connectivity index is 1.88. The van der Waals surface area contributed by atoms with Gasteiger partial charge in [0.1, 0.15) is 0 Å². The van der Waals surface area contributed by atoms with Crippen molar-refractivity contribution in [3.05, 3.63) is 0 Å². The number of rotatable bonds is 10. The van der Waals surface area contributed by atoms with Crippen molar-refractivity contribution < 1.29 is 0 Å². The smallest absolute Gasteiger partial charge is 0.0386 e. The van der Waals surface area contributed by atoms with Crippen LogP contribution >= 0.6 is 0 Å². The Morgan fingerprint density at radius 3 is 1.94 bits per heavy atom. The molecule has 0 spiro atoms. The molecule has 0 amide bonds. The standard InChI is InChI=1S/C17H34/c1-4-16(17-13-10-14-17)12-9-7-5-6-8-11-15(2)3/h15-17H,4-14H2,1-3H3. The van der Waals surface area contributed by atoms with Gasteiger partial charge in [-0.2, -0.15) is 0 Å². The van der Waals surface area contributed by atoms with Gasteiger partial charge in [-0.3, -0.25) is 0 Å². The Morgan fingerprint density at radius 2 is 1.47 bits per heavy atom. The summed E-state index contributed by atoms with van der Waals surface area (Å²) in [4.78, 5) is 0. The van der Waals surface area contributed by atoms with Crippen molar-refractivity contribution in [1.29, 1.82) is 0 Å². The molecule has 0 bridgehead atoms. The quantitative estimate of drug-likeness (QED) is 0.397. The van der Waals surface area contributed by atoms with Crippen LogP contribution in [0.3, 0.4) is 0 Å². The fourth-order valence-corrected chi connectivity index (χ4v) is 3.17. The summed E-state index contributed by atoms with van der Waals surface area (Å²) in [5, 5.41) is 0. The molecule has 1 aliphatic carbocycles. The van der Waals surface area contributed by atoms with Gasteiger partial charge in [-0.05, 0) is 17.8 Å². The van der Waals surface area contributed by atoms with Gasteiger partial charge in [0, 0.05) is 0 Å². The van der Waals surface area contributed by atoms with Crippen LogP contribution in [0.15, 0.2) is 0 Å². The van der Waals surface area contributed by atoms with Gasteiger partial charge in [0.15, 0.2) is 0 Å². The molecule has 1 fully saturated rings. The van der Waals surface area contributed by atoms with E-state index in [9.17, 15) is 0 Å². The molecule has 0 nitrogen and oxygen atoms in total. The lowest BCUT2D eigenvalue weighted by atomic mass is 9.73. The minimum atomic E-state index is 0.901. The van der Waals surface area contributed by atoms with Crippen molar-refractivity contribution in [2.45, 2.75) is 91.4 Å². The largest absolute Gasteiger partial charge is 0.0651 e.